The number of esters is 1. The van der Waals surface area contributed by atoms with E-state index in [2.05, 4.69) is 11.7 Å². The molecule has 1 aromatic carbocycles. The molecule has 0 spiro atoms. The van der Waals surface area contributed by atoms with Gasteiger partial charge in [0.05, 0.1) is 19.1 Å². The van der Waals surface area contributed by atoms with E-state index in [0.29, 0.717) is 28.4 Å². The molecule has 7 nitrogen and oxygen atoms in total. The Kier molecular flexibility index (Phi) is 6.25. The second kappa shape index (κ2) is 8.68. The quantitative estimate of drug-likeness (QED) is 0.566. The van der Waals surface area contributed by atoms with Gasteiger partial charge in [-0.3, -0.25) is 9.59 Å². The van der Waals surface area contributed by atoms with Gasteiger partial charge in [-0.15, -0.1) is 0 Å². The maximum Gasteiger partial charge on any atom is 0.340 e. The van der Waals surface area contributed by atoms with Gasteiger partial charge in [0.2, 0.25) is 0 Å². The summed E-state index contributed by atoms with van der Waals surface area (Å²) in [6.45, 7) is 7.18. The highest BCUT2D eigenvalue weighted by molar-refractivity contribution is 5.87. The summed E-state index contributed by atoms with van der Waals surface area (Å²) in [4.78, 5) is 38.3. The van der Waals surface area contributed by atoms with Crippen molar-refractivity contribution < 1.29 is 23.5 Å². The molecular formula is C22H27NO6. The molecule has 29 heavy (non-hydrogen) atoms. The number of likely N-dealkylation sites (tertiary alicyclic amines) is 1. The molecule has 0 aliphatic carbocycles. The molecule has 1 fully saturated rings. The number of carbonyl (C=O) groups is 2. The predicted octanol–water partition coefficient (Wildman–Crippen LogP) is 2.76. The van der Waals surface area contributed by atoms with Crippen molar-refractivity contribution in [1.29, 1.82) is 0 Å². The molecule has 0 unspecified atom stereocenters. The van der Waals surface area contributed by atoms with Crippen molar-refractivity contribution in [3.05, 3.63) is 39.2 Å². The summed E-state index contributed by atoms with van der Waals surface area (Å²) in [5.41, 5.74) is 1.44. The van der Waals surface area contributed by atoms with Gasteiger partial charge in [-0.1, -0.05) is 6.92 Å². The topological polar surface area (TPSA) is 86.1 Å². The van der Waals surface area contributed by atoms with Crippen LogP contribution in [0, 0.1) is 19.8 Å². The lowest BCUT2D eigenvalue weighted by molar-refractivity contribution is -0.139. The third kappa shape index (κ3) is 4.44. The lowest BCUT2D eigenvalue weighted by atomic mass is 10.0. The van der Waals surface area contributed by atoms with E-state index >= 15 is 0 Å². The number of methoxy groups -OCH3 is 1. The van der Waals surface area contributed by atoms with E-state index in [1.165, 1.54) is 7.11 Å². The molecule has 0 radical (unpaired) electrons. The number of carbonyl (C=O) groups excluding carboxylic acids is 2. The van der Waals surface area contributed by atoms with Crippen molar-refractivity contribution in [3.8, 4) is 5.75 Å². The van der Waals surface area contributed by atoms with E-state index in [4.69, 9.17) is 9.15 Å². The van der Waals surface area contributed by atoms with Crippen molar-refractivity contribution >= 4 is 22.8 Å². The SMILES string of the molecule is COC(=O)Cc1c(C)c2ccc(OCC(=O)N3CCC[C@@H](C)C3)c(C)c2oc1=O. The largest absolute Gasteiger partial charge is 0.483 e. The fourth-order valence-electron chi connectivity index (χ4n) is 3.79. The van der Waals surface area contributed by atoms with E-state index in [9.17, 15) is 14.4 Å². The molecule has 1 aromatic heterocycles. The molecular weight excluding hydrogens is 374 g/mol. The summed E-state index contributed by atoms with van der Waals surface area (Å²) in [5, 5.41) is 0.726. The second-order valence-corrected chi connectivity index (χ2v) is 7.69. The standard InChI is InChI=1S/C22H27NO6/c1-13-6-5-9-23(11-13)19(24)12-28-18-8-7-16-14(2)17(10-20(25)27-4)22(26)29-21(16)15(18)3/h7-8,13H,5-6,9-12H2,1-4H3/t13-/m1/s1. The summed E-state index contributed by atoms with van der Waals surface area (Å²) in [5.74, 6) is 0.467. The van der Waals surface area contributed by atoms with Crippen molar-refractivity contribution in [1.82, 2.24) is 4.90 Å². The van der Waals surface area contributed by atoms with Crippen LogP contribution in [-0.2, 0) is 20.7 Å². The van der Waals surface area contributed by atoms with Gasteiger partial charge in [0.1, 0.15) is 11.3 Å². The molecule has 0 bridgehead atoms. The Morgan fingerprint density at radius 2 is 2.00 bits per heavy atom. The first-order valence-electron chi connectivity index (χ1n) is 9.85. The monoisotopic (exact) mass is 401 g/mol. The van der Waals surface area contributed by atoms with E-state index in [1.807, 2.05) is 4.90 Å². The molecule has 3 rings (SSSR count). The number of nitrogens with zero attached hydrogens (tertiary/aromatic N) is 1. The van der Waals surface area contributed by atoms with Crippen LogP contribution in [0.4, 0.5) is 0 Å². The zero-order chi connectivity index (χ0) is 21.1. The molecule has 156 valence electrons. The molecule has 2 heterocycles. The average molecular weight is 401 g/mol. The van der Waals surface area contributed by atoms with Crippen LogP contribution >= 0.6 is 0 Å². The van der Waals surface area contributed by atoms with E-state index in [0.717, 1.165) is 31.3 Å². The smallest absolute Gasteiger partial charge is 0.340 e. The molecule has 1 saturated heterocycles. The zero-order valence-corrected chi connectivity index (χ0v) is 17.4. The normalized spacial score (nSPS) is 16.7. The number of amides is 1. The first kappa shape index (κ1) is 20.9. The Bertz CT molecular complexity index is 993. The fourth-order valence-corrected chi connectivity index (χ4v) is 3.79. The summed E-state index contributed by atoms with van der Waals surface area (Å²) >= 11 is 0. The van der Waals surface area contributed by atoms with Crippen LogP contribution in [0.3, 0.4) is 0 Å². The number of ether oxygens (including phenoxy) is 2. The van der Waals surface area contributed by atoms with Crippen molar-refractivity contribution in [2.24, 2.45) is 5.92 Å². The van der Waals surface area contributed by atoms with Gasteiger partial charge in [-0.05, 0) is 50.3 Å². The van der Waals surface area contributed by atoms with Crippen LogP contribution in [-0.4, -0.2) is 43.6 Å². The van der Waals surface area contributed by atoms with Crippen molar-refractivity contribution in [2.75, 3.05) is 26.8 Å². The van der Waals surface area contributed by atoms with Crippen LogP contribution in [0.15, 0.2) is 21.3 Å². The van der Waals surface area contributed by atoms with Crippen LogP contribution < -0.4 is 10.4 Å². The number of hydrogen-bond acceptors (Lipinski definition) is 6. The first-order chi connectivity index (χ1) is 13.8. The van der Waals surface area contributed by atoms with Gasteiger partial charge >= 0.3 is 11.6 Å². The Hall–Kier alpha value is -2.83. The van der Waals surface area contributed by atoms with Crippen molar-refractivity contribution in [3.63, 3.8) is 0 Å². The average Bonchev–Trinajstić information content (AvgIpc) is 2.70. The Morgan fingerprint density at radius 3 is 2.69 bits per heavy atom. The minimum absolute atomic E-state index is 0.0397. The molecule has 0 saturated carbocycles. The number of benzene rings is 1. The maximum atomic E-state index is 12.5. The minimum atomic E-state index is -0.570. The molecule has 7 heteroatoms. The van der Waals surface area contributed by atoms with E-state index in [1.54, 1.807) is 26.0 Å². The van der Waals surface area contributed by atoms with E-state index in [-0.39, 0.29) is 24.5 Å². The van der Waals surface area contributed by atoms with E-state index < -0.39 is 11.6 Å². The van der Waals surface area contributed by atoms with Crippen LogP contribution in [0.5, 0.6) is 5.75 Å². The Balaban J connectivity index is 1.82. The highest BCUT2D eigenvalue weighted by atomic mass is 16.5. The highest BCUT2D eigenvalue weighted by Gasteiger charge is 2.22. The summed E-state index contributed by atoms with van der Waals surface area (Å²) < 4.78 is 15.9. The second-order valence-electron chi connectivity index (χ2n) is 7.69. The summed E-state index contributed by atoms with van der Waals surface area (Å²) in [7, 11) is 1.28. The molecule has 0 N–H and O–H groups in total. The first-order valence-corrected chi connectivity index (χ1v) is 9.85. The van der Waals surface area contributed by atoms with Gasteiger partial charge in [-0.2, -0.15) is 0 Å². The summed E-state index contributed by atoms with van der Waals surface area (Å²) in [6.07, 6.45) is 2.02. The Labute approximate surface area is 169 Å². The third-order valence-corrected chi connectivity index (χ3v) is 5.56. The van der Waals surface area contributed by atoms with Gasteiger partial charge < -0.3 is 18.8 Å². The lowest BCUT2D eigenvalue weighted by Gasteiger charge is -2.30. The molecule has 1 amide bonds. The number of hydrogen-bond donors (Lipinski definition) is 0. The third-order valence-electron chi connectivity index (χ3n) is 5.56. The maximum absolute atomic E-state index is 12.5. The molecule has 1 aliphatic heterocycles. The van der Waals surface area contributed by atoms with Crippen LogP contribution in [0.25, 0.3) is 11.0 Å². The van der Waals surface area contributed by atoms with Crippen LogP contribution in [0.1, 0.15) is 36.5 Å². The van der Waals surface area contributed by atoms with Gasteiger partial charge in [0.15, 0.2) is 6.61 Å². The molecule has 2 aromatic rings. The summed E-state index contributed by atoms with van der Waals surface area (Å²) in [6, 6.07) is 3.54. The zero-order valence-electron chi connectivity index (χ0n) is 17.4. The van der Waals surface area contributed by atoms with Crippen molar-refractivity contribution in [2.45, 2.75) is 40.0 Å². The Morgan fingerprint density at radius 1 is 1.24 bits per heavy atom. The van der Waals surface area contributed by atoms with Gasteiger partial charge in [0.25, 0.3) is 5.91 Å². The fraction of sp³-hybridized carbons (Fsp3) is 0.500. The van der Waals surface area contributed by atoms with Gasteiger partial charge in [0, 0.05) is 24.0 Å². The minimum Gasteiger partial charge on any atom is -0.483 e. The number of rotatable bonds is 5. The van der Waals surface area contributed by atoms with Gasteiger partial charge in [-0.25, -0.2) is 4.79 Å². The molecule has 1 aliphatic rings. The predicted molar refractivity (Wildman–Crippen MR) is 108 cm³/mol. The van der Waals surface area contributed by atoms with Crippen LogP contribution in [0.2, 0.25) is 0 Å². The highest BCUT2D eigenvalue weighted by Crippen LogP contribution is 2.29. The number of piperidine rings is 1. The number of fused-ring (bicyclic) bond motifs is 1. The molecule has 1 atom stereocenters. The lowest BCUT2D eigenvalue weighted by Crippen LogP contribution is -2.41. The number of aryl methyl sites for hydroxylation is 2.